The third-order valence-electron chi connectivity index (χ3n) is 4.79. The molecule has 0 radical (unpaired) electrons. The number of aromatic nitrogens is 3. The van der Waals surface area contributed by atoms with E-state index in [4.69, 9.17) is 5.26 Å². The molecular weight excluding hydrogens is 340 g/mol. The molecule has 27 heavy (non-hydrogen) atoms. The molecule has 0 unspecified atom stereocenters. The Morgan fingerprint density at radius 1 is 1.11 bits per heavy atom. The van der Waals surface area contributed by atoms with E-state index in [1.165, 1.54) is 0 Å². The number of fused-ring (bicyclic) bond motifs is 1. The molecule has 4 rings (SSSR count). The van der Waals surface area contributed by atoms with Crippen molar-refractivity contribution in [1.82, 2.24) is 19.9 Å². The van der Waals surface area contributed by atoms with Gasteiger partial charge in [-0.1, -0.05) is 29.5 Å². The lowest BCUT2D eigenvalue weighted by Crippen LogP contribution is -2.45. The summed E-state index contributed by atoms with van der Waals surface area (Å²) >= 11 is 0. The van der Waals surface area contributed by atoms with Gasteiger partial charge in [0.15, 0.2) is 6.17 Å². The molecule has 1 aromatic heterocycles. The Hall–Kier alpha value is -3.66. The van der Waals surface area contributed by atoms with Crippen LogP contribution in [0.15, 0.2) is 54.7 Å². The average molecular weight is 358 g/mol. The number of rotatable bonds is 3. The smallest absolute Gasteiger partial charge is 0.257 e. The Bertz CT molecular complexity index is 1050. The van der Waals surface area contributed by atoms with Gasteiger partial charge < -0.3 is 9.80 Å². The third-order valence-corrected chi connectivity index (χ3v) is 4.79. The quantitative estimate of drug-likeness (QED) is 0.718. The van der Waals surface area contributed by atoms with Crippen molar-refractivity contribution >= 4 is 11.6 Å². The number of hydrogen-bond acceptors (Lipinski definition) is 5. The molecule has 0 fully saturated rings. The van der Waals surface area contributed by atoms with Crippen LogP contribution in [0.2, 0.25) is 0 Å². The standard InChI is InChI=1S/C20H18N6O/c1-24-18-9-4-3-8-16(18)20(27)25(2)19(24)17-13-26(23-22-17)12-15-7-5-6-14(10-15)11-21/h3-10,13,19H,12H2,1-2H3/t19-/m1/s1. The van der Waals surface area contributed by atoms with E-state index in [2.05, 4.69) is 16.4 Å². The van der Waals surface area contributed by atoms with Gasteiger partial charge in [0.1, 0.15) is 5.69 Å². The molecule has 1 amide bonds. The molecule has 0 aliphatic carbocycles. The lowest BCUT2D eigenvalue weighted by Gasteiger charge is -2.40. The number of hydrogen-bond donors (Lipinski definition) is 0. The van der Waals surface area contributed by atoms with E-state index in [1.54, 1.807) is 22.7 Å². The molecule has 1 atom stereocenters. The molecular formula is C20H18N6O. The number of amides is 1. The predicted octanol–water partition coefficient (Wildman–Crippen LogP) is 2.42. The first-order valence-corrected chi connectivity index (χ1v) is 8.56. The summed E-state index contributed by atoms with van der Waals surface area (Å²) in [5.74, 6) is -0.0371. The Morgan fingerprint density at radius 2 is 1.93 bits per heavy atom. The van der Waals surface area contributed by atoms with Crippen molar-refractivity contribution in [2.24, 2.45) is 0 Å². The van der Waals surface area contributed by atoms with Crippen LogP contribution in [0.4, 0.5) is 5.69 Å². The lowest BCUT2D eigenvalue weighted by molar-refractivity contribution is 0.0707. The van der Waals surface area contributed by atoms with Gasteiger partial charge in [0, 0.05) is 14.1 Å². The van der Waals surface area contributed by atoms with Crippen molar-refractivity contribution in [3.63, 3.8) is 0 Å². The second kappa shape index (κ2) is 6.57. The van der Waals surface area contributed by atoms with Crippen LogP contribution in [0.3, 0.4) is 0 Å². The maximum atomic E-state index is 12.7. The second-order valence-corrected chi connectivity index (χ2v) is 6.57. The molecule has 1 aliphatic heterocycles. The van der Waals surface area contributed by atoms with Crippen LogP contribution in [0.25, 0.3) is 0 Å². The minimum absolute atomic E-state index is 0.0371. The van der Waals surface area contributed by atoms with Crippen LogP contribution in [0.5, 0.6) is 0 Å². The maximum Gasteiger partial charge on any atom is 0.257 e. The van der Waals surface area contributed by atoms with E-state index in [0.717, 1.165) is 11.3 Å². The Kier molecular flexibility index (Phi) is 4.09. The van der Waals surface area contributed by atoms with Crippen LogP contribution >= 0.6 is 0 Å². The van der Waals surface area contributed by atoms with Crippen molar-refractivity contribution in [2.75, 3.05) is 19.0 Å². The Morgan fingerprint density at radius 3 is 2.74 bits per heavy atom. The minimum atomic E-state index is -0.327. The highest BCUT2D eigenvalue weighted by molar-refractivity contribution is 6.01. The monoisotopic (exact) mass is 358 g/mol. The van der Waals surface area contributed by atoms with Gasteiger partial charge in [-0.3, -0.25) is 4.79 Å². The normalized spacial score (nSPS) is 16.2. The molecule has 0 saturated carbocycles. The summed E-state index contributed by atoms with van der Waals surface area (Å²) in [7, 11) is 3.72. The number of carbonyl (C=O) groups is 1. The zero-order valence-corrected chi connectivity index (χ0v) is 15.1. The molecule has 3 aromatic rings. The molecule has 1 aliphatic rings. The number of nitrogens with zero attached hydrogens (tertiary/aromatic N) is 6. The zero-order valence-electron chi connectivity index (χ0n) is 15.1. The van der Waals surface area contributed by atoms with Crippen LogP contribution in [0.1, 0.15) is 33.3 Å². The van der Waals surface area contributed by atoms with Gasteiger partial charge in [0.2, 0.25) is 0 Å². The number of carbonyl (C=O) groups excluding carboxylic acids is 1. The van der Waals surface area contributed by atoms with Gasteiger partial charge >= 0.3 is 0 Å². The van der Waals surface area contributed by atoms with E-state index in [0.29, 0.717) is 23.4 Å². The van der Waals surface area contributed by atoms with E-state index in [1.807, 2.05) is 60.6 Å². The highest BCUT2D eigenvalue weighted by Gasteiger charge is 2.35. The summed E-state index contributed by atoms with van der Waals surface area (Å²) in [6.07, 6.45) is 1.52. The van der Waals surface area contributed by atoms with Crippen molar-refractivity contribution in [3.05, 3.63) is 77.1 Å². The van der Waals surface area contributed by atoms with Crippen molar-refractivity contribution in [3.8, 4) is 6.07 Å². The average Bonchev–Trinajstić information content (AvgIpc) is 3.14. The van der Waals surface area contributed by atoms with Gasteiger partial charge in [0.05, 0.1) is 35.6 Å². The summed E-state index contributed by atoms with van der Waals surface area (Å²) in [6.45, 7) is 0.507. The molecule has 2 aromatic carbocycles. The molecule has 2 heterocycles. The number of nitriles is 1. The highest BCUT2D eigenvalue weighted by atomic mass is 16.2. The fraction of sp³-hybridized carbons (Fsp3) is 0.200. The SMILES string of the molecule is CN1C(=O)c2ccccc2N(C)[C@H]1c1cn(Cc2cccc(C#N)c2)nn1. The molecule has 0 saturated heterocycles. The molecule has 7 heteroatoms. The first-order chi connectivity index (χ1) is 13.1. The molecule has 0 N–H and O–H groups in total. The van der Waals surface area contributed by atoms with Gasteiger partial charge in [-0.15, -0.1) is 5.10 Å². The molecule has 0 spiro atoms. The summed E-state index contributed by atoms with van der Waals surface area (Å²) in [5.41, 5.74) is 3.83. The minimum Gasteiger partial charge on any atom is -0.348 e. The summed E-state index contributed by atoms with van der Waals surface area (Å²) in [4.78, 5) is 16.4. The largest absolute Gasteiger partial charge is 0.348 e. The van der Waals surface area contributed by atoms with Gasteiger partial charge in [-0.05, 0) is 29.8 Å². The second-order valence-electron chi connectivity index (χ2n) is 6.57. The van der Waals surface area contributed by atoms with Crippen LogP contribution < -0.4 is 4.90 Å². The maximum absolute atomic E-state index is 12.7. The Balaban J connectivity index is 1.63. The fourth-order valence-corrected chi connectivity index (χ4v) is 3.49. The first kappa shape index (κ1) is 16.8. The fourth-order valence-electron chi connectivity index (χ4n) is 3.49. The van der Waals surface area contributed by atoms with Gasteiger partial charge in [-0.25, -0.2) is 4.68 Å². The first-order valence-electron chi connectivity index (χ1n) is 8.56. The lowest BCUT2D eigenvalue weighted by atomic mass is 10.1. The van der Waals surface area contributed by atoms with Crippen molar-refractivity contribution in [2.45, 2.75) is 12.7 Å². The van der Waals surface area contributed by atoms with Crippen molar-refractivity contribution < 1.29 is 4.79 Å². The molecule has 7 nitrogen and oxygen atoms in total. The van der Waals surface area contributed by atoms with Crippen LogP contribution in [-0.2, 0) is 6.54 Å². The third kappa shape index (κ3) is 2.91. The number of para-hydroxylation sites is 1. The number of anilines is 1. The summed E-state index contributed by atoms with van der Waals surface area (Å²) in [5, 5.41) is 17.5. The highest BCUT2D eigenvalue weighted by Crippen LogP contribution is 2.35. The van der Waals surface area contributed by atoms with E-state index in [-0.39, 0.29) is 12.1 Å². The van der Waals surface area contributed by atoms with E-state index >= 15 is 0 Å². The summed E-state index contributed by atoms with van der Waals surface area (Å²) in [6, 6.07) is 17.1. The summed E-state index contributed by atoms with van der Waals surface area (Å²) < 4.78 is 1.72. The van der Waals surface area contributed by atoms with Gasteiger partial charge in [0.25, 0.3) is 5.91 Å². The van der Waals surface area contributed by atoms with Crippen molar-refractivity contribution in [1.29, 1.82) is 5.26 Å². The van der Waals surface area contributed by atoms with E-state index in [9.17, 15) is 4.79 Å². The van der Waals surface area contributed by atoms with Crippen LogP contribution in [-0.4, -0.2) is 39.9 Å². The molecule has 0 bridgehead atoms. The zero-order chi connectivity index (χ0) is 19.0. The van der Waals surface area contributed by atoms with Crippen LogP contribution in [0, 0.1) is 11.3 Å². The van der Waals surface area contributed by atoms with Gasteiger partial charge in [-0.2, -0.15) is 5.26 Å². The molecule has 134 valence electrons. The Labute approximate surface area is 157 Å². The van der Waals surface area contributed by atoms with E-state index < -0.39 is 0 Å². The topological polar surface area (TPSA) is 78.0 Å². The predicted molar refractivity (Wildman–Crippen MR) is 100.0 cm³/mol. The number of benzene rings is 2.